The number of amides is 1. The minimum Gasteiger partial charge on any atom is -0.476 e. The number of hydrogen-bond acceptors (Lipinski definition) is 3. The lowest BCUT2D eigenvalue weighted by molar-refractivity contribution is 0.0692. The van der Waals surface area contributed by atoms with Gasteiger partial charge in [-0.05, 0) is 36.8 Å². The van der Waals surface area contributed by atoms with Gasteiger partial charge in [-0.25, -0.2) is 9.78 Å². The second-order valence-corrected chi connectivity index (χ2v) is 5.03. The number of nitrogens with one attached hydrogen (secondary N) is 1. The number of carbonyl (C=O) groups excluding carboxylic acids is 1. The van der Waals surface area contributed by atoms with Crippen LogP contribution in [0.15, 0.2) is 41.0 Å². The Morgan fingerprint density at radius 3 is 2.75 bits per heavy atom. The van der Waals surface area contributed by atoms with Gasteiger partial charge in [0.1, 0.15) is 0 Å². The summed E-state index contributed by atoms with van der Waals surface area (Å²) < 4.78 is 0.776. The lowest BCUT2D eigenvalue weighted by Crippen LogP contribution is -2.16. The maximum Gasteiger partial charge on any atom is 0.356 e. The SMILES string of the molecule is Cc1ccc(Br)cc1C(=O)Nc1cccnc1C(=O)O. The Labute approximate surface area is 123 Å². The summed E-state index contributed by atoms with van der Waals surface area (Å²) in [6.07, 6.45) is 1.36. The van der Waals surface area contributed by atoms with Crippen molar-refractivity contribution < 1.29 is 14.7 Å². The van der Waals surface area contributed by atoms with Gasteiger partial charge in [0.05, 0.1) is 5.69 Å². The van der Waals surface area contributed by atoms with Crippen molar-refractivity contribution in [2.75, 3.05) is 5.32 Å². The summed E-state index contributed by atoms with van der Waals surface area (Å²) in [4.78, 5) is 27.0. The predicted molar refractivity (Wildman–Crippen MR) is 78.0 cm³/mol. The fourth-order valence-corrected chi connectivity index (χ4v) is 2.07. The average Bonchev–Trinajstić information content (AvgIpc) is 2.41. The minimum atomic E-state index is -1.19. The number of carbonyl (C=O) groups is 2. The first-order valence-electron chi connectivity index (χ1n) is 5.75. The molecule has 0 unspecified atom stereocenters. The molecule has 2 N–H and O–H groups in total. The zero-order chi connectivity index (χ0) is 14.7. The number of nitrogens with zero attached hydrogens (tertiary/aromatic N) is 1. The van der Waals surface area contributed by atoms with Crippen molar-refractivity contribution in [3.63, 3.8) is 0 Å². The third kappa shape index (κ3) is 3.03. The Morgan fingerprint density at radius 1 is 1.30 bits per heavy atom. The first kappa shape index (κ1) is 14.2. The number of halogens is 1. The van der Waals surface area contributed by atoms with Gasteiger partial charge < -0.3 is 10.4 Å². The van der Waals surface area contributed by atoms with Crippen molar-refractivity contribution in [2.45, 2.75) is 6.92 Å². The van der Waals surface area contributed by atoms with E-state index in [1.54, 1.807) is 18.2 Å². The average molecular weight is 335 g/mol. The highest BCUT2D eigenvalue weighted by Crippen LogP contribution is 2.19. The van der Waals surface area contributed by atoms with E-state index >= 15 is 0 Å². The van der Waals surface area contributed by atoms with Gasteiger partial charge in [-0.3, -0.25) is 4.79 Å². The molecule has 0 saturated heterocycles. The topological polar surface area (TPSA) is 79.3 Å². The van der Waals surface area contributed by atoms with Gasteiger partial charge in [0.2, 0.25) is 0 Å². The van der Waals surface area contributed by atoms with Crippen molar-refractivity contribution in [1.82, 2.24) is 4.98 Å². The molecular formula is C14H11BrN2O3. The van der Waals surface area contributed by atoms with Gasteiger partial charge >= 0.3 is 5.97 Å². The first-order chi connectivity index (χ1) is 9.49. The molecule has 0 aliphatic heterocycles. The van der Waals surface area contributed by atoms with Crippen LogP contribution in [0.5, 0.6) is 0 Å². The van der Waals surface area contributed by atoms with Crippen LogP contribution in [0.1, 0.15) is 26.4 Å². The van der Waals surface area contributed by atoms with Gasteiger partial charge in [0.15, 0.2) is 5.69 Å². The second-order valence-electron chi connectivity index (χ2n) is 4.12. The molecule has 0 saturated carbocycles. The molecule has 20 heavy (non-hydrogen) atoms. The van der Waals surface area contributed by atoms with Crippen LogP contribution in [0.25, 0.3) is 0 Å². The molecule has 1 amide bonds. The van der Waals surface area contributed by atoms with Crippen LogP contribution in [0, 0.1) is 6.92 Å². The maximum absolute atomic E-state index is 12.2. The number of hydrogen-bond donors (Lipinski definition) is 2. The predicted octanol–water partition coefficient (Wildman–Crippen LogP) is 3.10. The van der Waals surface area contributed by atoms with Gasteiger partial charge in [-0.1, -0.05) is 22.0 Å². The number of carboxylic acid groups (broad SMARTS) is 1. The summed E-state index contributed by atoms with van der Waals surface area (Å²) in [5.74, 6) is -1.56. The monoisotopic (exact) mass is 334 g/mol. The quantitative estimate of drug-likeness (QED) is 0.903. The Hall–Kier alpha value is -2.21. The van der Waals surface area contributed by atoms with Crippen molar-refractivity contribution in [3.05, 3.63) is 57.8 Å². The largest absolute Gasteiger partial charge is 0.476 e. The molecule has 0 fully saturated rings. The first-order valence-corrected chi connectivity index (χ1v) is 6.54. The third-order valence-electron chi connectivity index (χ3n) is 2.70. The Balaban J connectivity index is 2.33. The standard InChI is InChI=1S/C14H11BrN2O3/c1-8-4-5-9(15)7-10(8)13(18)17-11-3-2-6-16-12(11)14(19)20/h2-7H,1H3,(H,17,18)(H,19,20). The highest BCUT2D eigenvalue weighted by molar-refractivity contribution is 9.10. The van der Waals surface area contributed by atoms with Crippen molar-refractivity contribution in [2.24, 2.45) is 0 Å². The number of aryl methyl sites for hydroxylation is 1. The number of pyridine rings is 1. The normalized spacial score (nSPS) is 10.1. The van der Waals surface area contributed by atoms with E-state index < -0.39 is 5.97 Å². The summed E-state index contributed by atoms with van der Waals surface area (Å²) >= 11 is 3.30. The highest BCUT2D eigenvalue weighted by Gasteiger charge is 2.15. The van der Waals surface area contributed by atoms with Gasteiger partial charge in [0, 0.05) is 16.2 Å². The molecule has 0 radical (unpaired) electrons. The van der Waals surface area contributed by atoms with Gasteiger partial charge in [0.25, 0.3) is 5.91 Å². The second kappa shape index (κ2) is 5.83. The Kier molecular flexibility index (Phi) is 4.14. The van der Waals surface area contributed by atoms with Gasteiger partial charge in [-0.15, -0.1) is 0 Å². The van der Waals surface area contributed by atoms with Crippen LogP contribution in [-0.4, -0.2) is 22.0 Å². The summed E-state index contributed by atoms with van der Waals surface area (Å²) in [5.41, 5.74) is 1.25. The molecule has 6 heteroatoms. The fraction of sp³-hybridized carbons (Fsp3) is 0.0714. The molecule has 0 spiro atoms. The summed E-state index contributed by atoms with van der Waals surface area (Å²) in [6, 6.07) is 8.39. The minimum absolute atomic E-state index is 0.171. The number of benzene rings is 1. The maximum atomic E-state index is 12.2. The zero-order valence-electron chi connectivity index (χ0n) is 10.6. The molecule has 0 atom stereocenters. The fourth-order valence-electron chi connectivity index (χ4n) is 1.71. The van der Waals surface area contributed by atoms with E-state index in [0.29, 0.717) is 5.56 Å². The molecule has 0 aliphatic carbocycles. The summed E-state index contributed by atoms with van der Waals surface area (Å²) in [6.45, 7) is 1.81. The number of aromatic nitrogens is 1. The molecule has 0 aliphatic rings. The molecule has 102 valence electrons. The van der Waals surface area contributed by atoms with Crippen LogP contribution in [0.4, 0.5) is 5.69 Å². The summed E-state index contributed by atoms with van der Waals surface area (Å²) in [5, 5.41) is 11.6. The lowest BCUT2D eigenvalue weighted by Gasteiger charge is -2.09. The molecule has 1 aromatic carbocycles. The van der Waals surface area contributed by atoms with Crippen LogP contribution >= 0.6 is 15.9 Å². The van der Waals surface area contributed by atoms with Gasteiger partial charge in [-0.2, -0.15) is 0 Å². The number of anilines is 1. The number of carboxylic acids is 1. The Bertz CT molecular complexity index is 686. The van der Waals surface area contributed by atoms with E-state index in [9.17, 15) is 9.59 Å². The highest BCUT2D eigenvalue weighted by atomic mass is 79.9. The Morgan fingerprint density at radius 2 is 2.05 bits per heavy atom. The zero-order valence-corrected chi connectivity index (χ0v) is 12.1. The van der Waals surface area contributed by atoms with Crippen molar-refractivity contribution in [3.8, 4) is 0 Å². The lowest BCUT2D eigenvalue weighted by atomic mass is 10.1. The van der Waals surface area contributed by atoms with Crippen LogP contribution in [0.3, 0.4) is 0 Å². The molecular weight excluding hydrogens is 324 g/mol. The van der Waals surface area contributed by atoms with E-state index in [2.05, 4.69) is 26.2 Å². The third-order valence-corrected chi connectivity index (χ3v) is 3.20. The smallest absolute Gasteiger partial charge is 0.356 e. The molecule has 5 nitrogen and oxygen atoms in total. The molecule has 2 rings (SSSR count). The van der Waals surface area contributed by atoms with E-state index in [-0.39, 0.29) is 17.3 Å². The van der Waals surface area contributed by atoms with Crippen LogP contribution in [-0.2, 0) is 0 Å². The summed E-state index contributed by atoms with van der Waals surface area (Å²) in [7, 11) is 0. The van der Waals surface area contributed by atoms with E-state index in [0.717, 1.165) is 10.0 Å². The molecule has 0 bridgehead atoms. The van der Waals surface area contributed by atoms with Crippen molar-refractivity contribution in [1.29, 1.82) is 0 Å². The molecule has 1 aromatic heterocycles. The molecule has 2 aromatic rings. The van der Waals surface area contributed by atoms with E-state index in [1.165, 1.54) is 12.3 Å². The number of aromatic carboxylic acids is 1. The van der Waals surface area contributed by atoms with Crippen LogP contribution < -0.4 is 5.32 Å². The van der Waals surface area contributed by atoms with E-state index in [1.807, 2.05) is 13.0 Å². The molecule has 1 heterocycles. The van der Waals surface area contributed by atoms with E-state index in [4.69, 9.17) is 5.11 Å². The number of rotatable bonds is 3. The van der Waals surface area contributed by atoms with Crippen molar-refractivity contribution >= 4 is 33.5 Å². The van der Waals surface area contributed by atoms with Crippen LogP contribution in [0.2, 0.25) is 0 Å².